The summed E-state index contributed by atoms with van der Waals surface area (Å²) < 4.78 is 0.508. The second kappa shape index (κ2) is 15.4. The molecule has 0 aromatic rings. The van der Waals surface area contributed by atoms with Gasteiger partial charge in [-0.1, -0.05) is 66.2 Å². The SMILES string of the molecule is CCCCCCC(O)C[N+](CCCCC)(CCCCC)C(CC)C(=O)[O-]. The summed E-state index contributed by atoms with van der Waals surface area (Å²) in [7, 11) is 0. The van der Waals surface area contributed by atoms with Crippen molar-refractivity contribution in [2.75, 3.05) is 19.6 Å². The van der Waals surface area contributed by atoms with Crippen LogP contribution in [0.1, 0.15) is 105 Å². The molecule has 0 saturated heterocycles. The standard InChI is InChI=1S/C22H45NO3/c1-5-9-12-13-16-20(24)19-23(17-14-10-6-2,18-15-11-7-3)21(8-4)22(25)26/h20-21,24H,5-19H2,1-4H3. The summed E-state index contributed by atoms with van der Waals surface area (Å²) in [6.45, 7) is 10.7. The van der Waals surface area contributed by atoms with E-state index in [1.807, 2.05) is 6.92 Å². The zero-order valence-electron chi connectivity index (χ0n) is 18.0. The first-order valence-electron chi connectivity index (χ1n) is 11.2. The van der Waals surface area contributed by atoms with Gasteiger partial charge in [0.05, 0.1) is 19.1 Å². The number of hydrogen-bond donors (Lipinski definition) is 1. The van der Waals surface area contributed by atoms with Crippen molar-refractivity contribution in [1.29, 1.82) is 0 Å². The van der Waals surface area contributed by atoms with Crippen molar-refractivity contribution in [3.8, 4) is 0 Å². The second-order valence-corrected chi connectivity index (χ2v) is 8.01. The molecule has 0 aliphatic heterocycles. The fraction of sp³-hybridized carbons (Fsp3) is 0.955. The van der Waals surface area contributed by atoms with Gasteiger partial charge >= 0.3 is 0 Å². The Balaban J connectivity index is 5.21. The van der Waals surface area contributed by atoms with Crippen molar-refractivity contribution in [2.45, 2.75) is 117 Å². The van der Waals surface area contributed by atoms with Crippen molar-refractivity contribution < 1.29 is 19.5 Å². The molecular formula is C22H45NO3. The summed E-state index contributed by atoms with van der Waals surface area (Å²) in [5.41, 5.74) is 0. The Hall–Kier alpha value is -0.610. The van der Waals surface area contributed by atoms with E-state index in [0.717, 1.165) is 70.9 Å². The van der Waals surface area contributed by atoms with Crippen molar-refractivity contribution in [3.63, 3.8) is 0 Å². The Labute approximate surface area is 162 Å². The molecule has 2 unspecified atom stereocenters. The summed E-state index contributed by atoms with van der Waals surface area (Å²) in [6, 6.07) is -0.506. The third-order valence-electron chi connectivity index (χ3n) is 5.70. The van der Waals surface area contributed by atoms with Crippen LogP contribution >= 0.6 is 0 Å². The highest BCUT2D eigenvalue weighted by Gasteiger charge is 2.37. The molecule has 4 nitrogen and oxygen atoms in total. The number of carboxylic acids is 1. The van der Waals surface area contributed by atoms with Crippen LogP contribution in [0.2, 0.25) is 0 Å². The smallest absolute Gasteiger partial charge is 0.129 e. The van der Waals surface area contributed by atoms with E-state index in [0.29, 0.717) is 17.4 Å². The molecule has 0 bridgehead atoms. The Morgan fingerprint density at radius 2 is 1.35 bits per heavy atom. The molecule has 0 radical (unpaired) electrons. The van der Waals surface area contributed by atoms with E-state index in [2.05, 4.69) is 20.8 Å². The molecule has 0 saturated carbocycles. The number of aliphatic hydroxyl groups excluding tert-OH is 1. The van der Waals surface area contributed by atoms with Gasteiger partial charge < -0.3 is 19.5 Å². The average molecular weight is 372 g/mol. The van der Waals surface area contributed by atoms with Gasteiger partial charge in [0, 0.05) is 6.42 Å². The van der Waals surface area contributed by atoms with Crippen molar-refractivity contribution in [1.82, 2.24) is 0 Å². The monoisotopic (exact) mass is 371 g/mol. The predicted octanol–water partition coefficient (Wildman–Crippen LogP) is 4.04. The van der Waals surface area contributed by atoms with E-state index in [-0.39, 0.29) is 0 Å². The molecule has 0 spiro atoms. The van der Waals surface area contributed by atoms with Crippen LogP contribution in [0.3, 0.4) is 0 Å². The summed E-state index contributed by atoms with van der Waals surface area (Å²) in [6.07, 6.45) is 12.0. The molecule has 26 heavy (non-hydrogen) atoms. The van der Waals surface area contributed by atoms with Crippen molar-refractivity contribution in [3.05, 3.63) is 0 Å². The fourth-order valence-electron chi connectivity index (χ4n) is 4.18. The summed E-state index contributed by atoms with van der Waals surface area (Å²) in [5.74, 6) is -0.946. The van der Waals surface area contributed by atoms with Gasteiger partial charge in [0.1, 0.15) is 18.7 Å². The zero-order chi connectivity index (χ0) is 19.8. The lowest BCUT2D eigenvalue weighted by Gasteiger charge is -2.46. The van der Waals surface area contributed by atoms with Gasteiger partial charge in [0.15, 0.2) is 0 Å². The molecule has 0 aliphatic carbocycles. The minimum Gasteiger partial charge on any atom is -0.544 e. The maximum atomic E-state index is 11.9. The molecule has 0 amide bonds. The number of rotatable bonds is 18. The normalized spacial score (nSPS) is 14.3. The number of unbranched alkanes of at least 4 members (excludes halogenated alkanes) is 7. The van der Waals surface area contributed by atoms with E-state index >= 15 is 0 Å². The largest absolute Gasteiger partial charge is 0.544 e. The van der Waals surface area contributed by atoms with E-state index in [1.165, 1.54) is 12.8 Å². The number of carboxylic acid groups (broad SMARTS) is 1. The lowest BCUT2D eigenvalue weighted by Crippen LogP contribution is -2.64. The van der Waals surface area contributed by atoms with Crippen LogP contribution in [-0.2, 0) is 4.79 Å². The van der Waals surface area contributed by atoms with Gasteiger partial charge in [-0.15, -0.1) is 0 Å². The van der Waals surface area contributed by atoms with Crippen LogP contribution in [0.5, 0.6) is 0 Å². The number of nitrogens with zero attached hydrogens (tertiary/aromatic N) is 1. The second-order valence-electron chi connectivity index (χ2n) is 8.01. The lowest BCUT2D eigenvalue weighted by atomic mass is 10.0. The molecule has 0 aliphatic rings. The van der Waals surface area contributed by atoms with Crippen LogP contribution in [0.15, 0.2) is 0 Å². The number of aliphatic carboxylic acids is 1. The summed E-state index contributed by atoms with van der Waals surface area (Å²) in [4.78, 5) is 11.9. The van der Waals surface area contributed by atoms with Crippen LogP contribution < -0.4 is 5.11 Å². The molecule has 156 valence electrons. The average Bonchev–Trinajstić information content (AvgIpc) is 2.59. The highest BCUT2D eigenvalue weighted by Crippen LogP contribution is 2.23. The number of carbonyl (C=O) groups is 1. The first-order valence-corrected chi connectivity index (χ1v) is 11.2. The van der Waals surface area contributed by atoms with Gasteiger partial charge in [0.2, 0.25) is 0 Å². The Kier molecular flexibility index (Phi) is 15.1. The zero-order valence-corrected chi connectivity index (χ0v) is 18.0. The molecular weight excluding hydrogens is 326 g/mol. The van der Waals surface area contributed by atoms with E-state index in [4.69, 9.17) is 0 Å². The Morgan fingerprint density at radius 3 is 1.77 bits per heavy atom. The quantitative estimate of drug-likeness (QED) is 0.292. The van der Waals surface area contributed by atoms with Gasteiger partial charge in [0.25, 0.3) is 0 Å². The van der Waals surface area contributed by atoms with Crippen molar-refractivity contribution in [2.24, 2.45) is 0 Å². The molecule has 0 fully saturated rings. The molecule has 0 rings (SSSR count). The molecule has 0 aromatic carbocycles. The van der Waals surface area contributed by atoms with Crippen molar-refractivity contribution >= 4 is 5.97 Å². The third-order valence-corrected chi connectivity index (χ3v) is 5.70. The topological polar surface area (TPSA) is 60.4 Å². The Morgan fingerprint density at radius 1 is 0.846 bits per heavy atom. The van der Waals surface area contributed by atoms with E-state index < -0.39 is 18.1 Å². The number of quaternary nitrogens is 1. The van der Waals surface area contributed by atoms with Crippen LogP contribution in [-0.4, -0.2) is 47.3 Å². The Bertz CT molecular complexity index is 336. The molecule has 1 N–H and O–H groups in total. The maximum Gasteiger partial charge on any atom is 0.129 e. The molecule has 4 heteroatoms. The minimum atomic E-state index is -0.946. The predicted molar refractivity (Wildman–Crippen MR) is 108 cm³/mol. The van der Waals surface area contributed by atoms with Gasteiger partial charge in [-0.25, -0.2) is 0 Å². The first kappa shape index (κ1) is 25.4. The molecule has 2 atom stereocenters. The lowest BCUT2D eigenvalue weighted by molar-refractivity contribution is -0.948. The summed E-state index contributed by atoms with van der Waals surface area (Å²) in [5, 5.41) is 22.6. The summed E-state index contributed by atoms with van der Waals surface area (Å²) >= 11 is 0. The maximum absolute atomic E-state index is 11.9. The van der Waals surface area contributed by atoms with Crippen LogP contribution in [0.25, 0.3) is 0 Å². The number of aliphatic hydroxyl groups is 1. The number of hydrogen-bond acceptors (Lipinski definition) is 3. The van der Waals surface area contributed by atoms with Gasteiger partial charge in [-0.05, 0) is 32.1 Å². The van der Waals surface area contributed by atoms with Gasteiger partial charge in [-0.3, -0.25) is 0 Å². The fourth-order valence-corrected chi connectivity index (χ4v) is 4.18. The molecule has 0 aromatic heterocycles. The third kappa shape index (κ3) is 9.91. The van der Waals surface area contributed by atoms with Crippen LogP contribution in [0.4, 0.5) is 0 Å². The number of carbonyl (C=O) groups excluding carboxylic acids is 1. The highest BCUT2D eigenvalue weighted by atomic mass is 16.4. The highest BCUT2D eigenvalue weighted by molar-refractivity contribution is 5.69. The van der Waals surface area contributed by atoms with Gasteiger partial charge in [-0.2, -0.15) is 0 Å². The van der Waals surface area contributed by atoms with E-state index in [1.54, 1.807) is 0 Å². The van der Waals surface area contributed by atoms with E-state index in [9.17, 15) is 15.0 Å². The first-order chi connectivity index (χ1) is 12.5. The van der Waals surface area contributed by atoms with Crippen LogP contribution in [0, 0.1) is 0 Å². The minimum absolute atomic E-state index is 0.413. The molecule has 0 heterocycles.